The minimum Gasteiger partial charge on any atom is -0.383 e. The van der Waals surface area contributed by atoms with Crippen LogP contribution in [0.2, 0.25) is 5.02 Å². The van der Waals surface area contributed by atoms with Crippen LogP contribution in [0.4, 0.5) is 10.1 Å². The van der Waals surface area contributed by atoms with E-state index in [1.165, 1.54) is 6.07 Å². The quantitative estimate of drug-likeness (QED) is 0.207. The second kappa shape index (κ2) is 9.18. The second-order valence-electron chi connectivity index (χ2n) is 7.57. The number of hydrogen-bond donors (Lipinski definition) is 3. The van der Waals surface area contributed by atoms with Crippen LogP contribution in [0.25, 0.3) is 21.3 Å². The van der Waals surface area contributed by atoms with Crippen LogP contribution in [0.1, 0.15) is 21.7 Å². The van der Waals surface area contributed by atoms with E-state index < -0.39 is 0 Å². The van der Waals surface area contributed by atoms with E-state index in [9.17, 15) is 4.39 Å². The van der Waals surface area contributed by atoms with Gasteiger partial charge in [-0.3, -0.25) is 4.99 Å². The Bertz CT molecular complexity index is 1320. The standard InChI is InChI=1S/C25H24ClFN4S/c1-4-29-20-13-21(16-6-8-17(26)9-7-16)32-24(20)25(28)30-12-11-18-15(3)31-23-19(27)10-5-14(2)22(18)23/h4-10,13,29,31H,1,11-12H2,2-3H3,(H2,28,30). The molecule has 0 atom stereocenters. The number of aryl methyl sites for hydroxylation is 2. The average molecular weight is 467 g/mol. The van der Waals surface area contributed by atoms with Gasteiger partial charge in [0.05, 0.1) is 16.1 Å². The van der Waals surface area contributed by atoms with E-state index in [2.05, 4.69) is 21.9 Å². The molecule has 0 fully saturated rings. The fourth-order valence-electron chi connectivity index (χ4n) is 3.87. The van der Waals surface area contributed by atoms with Crippen molar-refractivity contribution in [3.05, 3.63) is 87.8 Å². The highest BCUT2D eigenvalue weighted by atomic mass is 35.5. The van der Waals surface area contributed by atoms with Gasteiger partial charge in [-0.15, -0.1) is 11.3 Å². The lowest BCUT2D eigenvalue weighted by Crippen LogP contribution is -2.14. The maximum atomic E-state index is 14.2. The summed E-state index contributed by atoms with van der Waals surface area (Å²) in [6.07, 6.45) is 2.29. The lowest BCUT2D eigenvalue weighted by Gasteiger charge is -2.05. The summed E-state index contributed by atoms with van der Waals surface area (Å²) in [5.74, 6) is 0.219. The van der Waals surface area contributed by atoms with Crippen molar-refractivity contribution in [2.24, 2.45) is 10.7 Å². The molecule has 4 aromatic rings. The van der Waals surface area contributed by atoms with Gasteiger partial charge in [0.25, 0.3) is 0 Å². The van der Waals surface area contributed by atoms with Crippen molar-refractivity contribution in [2.75, 3.05) is 11.9 Å². The number of anilines is 1. The van der Waals surface area contributed by atoms with Gasteiger partial charge in [-0.2, -0.15) is 0 Å². The number of benzene rings is 2. The van der Waals surface area contributed by atoms with Crippen LogP contribution < -0.4 is 11.1 Å². The molecule has 0 amide bonds. The molecule has 0 aliphatic heterocycles. The highest BCUT2D eigenvalue weighted by molar-refractivity contribution is 7.18. The van der Waals surface area contributed by atoms with E-state index in [4.69, 9.17) is 17.3 Å². The molecule has 0 radical (unpaired) electrons. The Labute approximate surface area is 195 Å². The summed E-state index contributed by atoms with van der Waals surface area (Å²) in [4.78, 5) is 9.72. The SMILES string of the molecule is C=CNc1cc(-c2ccc(Cl)cc2)sc1C(N)=NCCc1c(C)[nH]c2c(F)ccc(C)c12. The summed E-state index contributed by atoms with van der Waals surface area (Å²) in [6, 6.07) is 13.0. The number of aromatic amines is 1. The smallest absolute Gasteiger partial charge is 0.147 e. The number of rotatable bonds is 7. The summed E-state index contributed by atoms with van der Waals surface area (Å²) in [5, 5.41) is 4.78. The molecule has 2 heterocycles. The summed E-state index contributed by atoms with van der Waals surface area (Å²) in [5.41, 5.74) is 11.9. The summed E-state index contributed by atoms with van der Waals surface area (Å²) >= 11 is 7.58. The summed E-state index contributed by atoms with van der Waals surface area (Å²) in [6.45, 7) is 8.22. The van der Waals surface area contributed by atoms with Gasteiger partial charge in [-0.25, -0.2) is 4.39 Å². The molecule has 7 heteroatoms. The molecule has 0 saturated heterocycles. The molecule has 2 aromatic carbocycles. The zero-order valence-corrected chi connectivity index (χ0v) is 19.5. The Kier molecular flexibility index (Phi) is 6.35. The molecule has 4 N–H and O–H groups in total. The molecule has 0 unspecified atom stereocenters. The molecule has 2 aromatic heterocycles. The van der Waals surface area contributed by atoms with Crippen molar-refractivity contribution >= 4 is 45.4 Å². The monoisotopic (exact) mass is 466 g/mol. The predicted molar refractivity (Wildman–Crippen MR) is 136 cm³/mol. The fourth-order valence-corrected chi connectivity index (χ4v) is 5.04. The number of hydrogen-bond acceptors (Lipinski definition) is 3. The van der Waals surface area contributed by atoms with E-state index in [1.807, 2.05) is 50.2 Å². The van der Waals surface area contributed by atoms with E-state index in [-0.39, 0.29) is 5.82 Å². The van der Waals surface area contributed by atoms with Crippen LogP contribution in [0.15, 0.2) is 60.2 Å². The molecule has 4 rings (SSSR count). The van der Waals surface area contributed by atoms with Crippen molar-refractivity contribution in [1.82, 2.24) is 4.98 Å². The molecule has 32 heavy (non-hydrogen) atoms. The maximum absolute atomic E-state index is 14.2. The number of nitrogens with two attached hydrogens (primary N) is 1. The Hall–Kier alpha value is -3.09. The molecule has 0 aliphatic carbocycles. The Balaban J connectivity index is 1.60. The number of aliphatic imine (C=N–C) groups is 1. The van der Waals surface area contributed by atoms with Crippen molar-refractivity contribution in [1.29, 1.82) is 0 Å². The number of halogens is 2. The highest BCUT2D eigenvalue weighted by Gasteiger charge is 2.15. The lowest BCUT2D eigenvalue weighted by molar-refractivity contribution is 0.637. The van der Waals surface area contributed by atoms with Crippen LogP contribution in [-0.2, 0) is 6.42 Å². The van der Waals surface area contributed by atoms with E-state index >= 15 is 0 Å². The Morgan fingerprint density at radius 2 is 2.00 bits per heavy atom. The Morgan fingerprint density at radius 1 is 1.25 bits per heavy atom. The highest BCUT2D eigenvalue weighted by Crippen LogP contribution is 2.35. The van der Waals surface area contributed by atoms with Gasteiger partial charge in [-0.05, 0) is 67.4 Å². The zero-order chi connectivity index (χ0) is 22.8. The predicted octanol–water partition coefficient (Wildman–Crippen LogP) is 6.81. The van der Waals surface area contributed by atoms with Gasteiger partial charge in [0.1, 0.15) is 11.7 Å². The van der Waals surface area contributed by atoms with E-state index in [1.54, 1.807) is 17.5 Å². The van der Waals surface area contributed by atoms with Crippen LogP contribution in [0.3, 0.4) is 0 Å². The van der Waals surface area contributed by atoms with Gasteiger partial charge in [0.15, 0.2) is 0 Å². The third-order valence-corrected chi connectivity index (χ3v) is 6.88. The first-order valence-corrected chi connectivity index (χ1v) is 11.4. The van der Waals surface area contributed by atoms with Crippen molar-refractivity contribution in [3.8, 4) is 10.4 Å². The first-order chi connectivity index (χ1) is 15.4. The van der Waals surface area contributed by atoms with E-state index in [0.717, 1.165) is 43.2 Å². The first kappa shape index (κ1) is 22.1. The van der Waals surface area contributed by atoms with Crippen LogP contribution in [-0.4, -0.2) is 17.4 Å². The minimum atomic E-state index is -0.239. The van der Waals surface area contributed by atoms with Crippen LogP contribution in [0, 0.1) is 19.7 Å². The molecular weight excluding hydrogens is 443 g/mol. The molecular formula is C25H24ClFN4S. The van der Waals surface area contributed by atoms with Crippen LogP contribution >= 0.6 is 22.9 Å². The Morgan fingerprint density at radius 3 is 2.72 bits per heavy atom. The van der Waals surface area contributed by atoms with Crippen LogP contribution in [0.5, 0.6) is 0 Å². The number of H-pyrrole nitrogens is 1. The van der Waals surface area contributed by atoms with Crippen molar-refractivity contribution in [3.63, 3.8) is 0 Å². The van der Waals surface area contributed by atoms with Gasteiger partial charge in [0.2, 0.25) is 0 Å². The topological polar surface area (TPSA) is 66.2 Å². The largest absolute Gasteiger partial charge is 0.383 e. The third kappa shape index (κ3) is 4.29. The average Bonchev–Trinajstić information content (AvgIpc) is 3.34. The second-order valence-corrected chi connectivity index (χ2v) is 9.06. The number of aromatic nitrogens is 1. The summed E-state index contributed by atoms with van der Waals surface area (Å²) in [7, 11) is 0. The number of amidine groups is 1. The minimum absolute atomic E-state index is 0.239. The van der Waals surface area contributed by atoms with Gasteiger partial charge in [0, 0.05) is 27.5 Å². The number of thiophene rings is 1. The van der Waals surface area contributed by atoms with Gasteiger partial charge in [-0.1, -0.05) is 36.4 Å². The maximum Gasteiger partial charge on any atom is 0.147 e. The molecule has 0 bridgehead atoms. The lowest BCUT2D eigenvalue weighted by atomic mass is 10.0. The molecule has 0 spiro atoms. The van der Waals surface area contributed by atoms with E-state index in [0.29, 0.717) is 29.3 Å². The fraction of sp³-hybridized carbons (Fsp3) is 0.160. The number of fused-ring (bicyclic) bond motifs is 1. The van der Waals surface area contributed by atoms with Crippen molar-refractivity contribution < 1.29 is 4.39 Å². The number of nitrogens with zero attached hydrogens (tertiary/aromatic N) is 1. The normalized spacial score (nSPS) is 11.8. The van der Waals surface area contributed by atoms with Gasteiger partial charge < -0.3 is 16.0 Å². The van der Waals surface area contributed by atoms with Crippen molar-refractivity contribution in [2.45, 2.75) is 20.3 Å². The van der Waals surface area contributed by atoms with Gasteiger partial charge >= 0.3 is 0 Å². The number of nitrogens with one attached hydrogen (secondary N) is 2. The molecule has 164 valence electrons. The third-order valence-electron chi connectivity index (χ3n) is 5.42. The summed E-state index contributed by atoms with van der Waals surface area (Å²) < 4.78 is 14.2. The molecule has 4 nitrogen and oxygen atoms in total. The first-order valence-electron chi connectivity index (χ1n) is 10.2. The molecule has 0 aliphatic rings. The molecule has 0 saturated carbocycles. The zero-order valence-electron chi connectivity index (χ0n) is 17.9.